The molecule has 8 nitrogen and oxygen atoms in total. The van der Waals surface area contributed by atoms with Crippen LogP contribution in [-0.4, -0.2) is 46.8 Å². The average molecular weight is 462 g/mol. The van der Waals surface area contributed by atoms with Gasteiger partial charge in [0.2, 0.25) is 5.91 Å². The maximum Gasteiger partial charge on any atom is 0.407 e. The van der Waals surface area contributed by atoms with Crippen molar-refractivity contribution in [2.24, 2.45) is 0 Å². The molecule has 1 aliphatic carbocycles. The zero-order valence-electron chi connectivity index (χ0n) is 18.8. The average Bonchev–Trinajstić information content (AvgIpc) is 3.42. The highest BCUT2D eigenvalue weighted by Crippen LogP contribution is 2.44. The highest BCUT2D eigenvalue weighted by molar-refractivity contribution is 5.86. The number of ether oxygens (including phenoxy) is 1. The van der Waals surface area contributed by atoms with Crippen LogP contribution in [0.1, 0.15) is 36.1 Å². The summed E-state index contributed by atoms with van der Waals surface area (Å²) in [5.74, 6) is -1.58. The third-order valence-electron chi connectivity index (χ3n) is 5.91. The SMILES string of the molecule is C[C@H](CC(=O)O)NC(=O)C(Cc1ccc[nH]1)NC(=O)OCC1c2ccccc2-c2ccccc21. The molecule has 3 aromatic rings. The fourth-order valence-corrected chi connectivity index (χ4v) is 4.36. The number of hydrogen-bond acceptors (Lipinski definition) is 4. The van der Waals surface area contributed by atoms with Gasteiger partial charge in [0, 0.05) is 30.3 Å². The highest BCUT2D eigenvalue weighted by atomic mass is 16.5. The zero-order chi connectivity index (χ0) is 24.1. The number of carbonyl (C=O) groups is 3. The lowest BCUT2D eigenvalue weighted by Gasteiger charge is -2.21. The largest absolute Gasteiger partial charge is 0.481 e. The predicted octanol–water partition coefficient (Wildman–Crippen LogP) is 3.44. The van der Waals surface area contributed by atoms with Crippen molar-refractivity contribution in [2.75, 3.05) is 6.61 Å². The molecule has 1 unspecified atom stereocenters. The van der Waals surface area contributed by atoms with Crippen LogP contribution in [0.15, 0.2) is 66.9 Å². The van der Waals surface area contributed by atoms with E-state index < -0.39 is 30.1 Å². The highest BCUT2D eigenvalue weighted by Gasteiger charge is 2.30. The molecule has 0 saturated heterocycles. The van der Waals surface area contributed by atoms with Gasteiger partial charge in [0.15, 0.2) is 0 Å². The third kappa shape index (κ3) is 5.28. The smallest absolute Gasteiger partial charge is 0.407 e. The van der Waals surface area contributed by atoms with Crippen molar-refractivity contribution < 1.29 is 24.2 Å². The number of aromatic amines is 1. The van der Waals surface area contributed by atoms with Gasteiger partial charge in [-0.1, -0.05) is 48.5 Å². The Balaban J connectivity index is 1.43. The normalized spacial score (nSPS) is 13.9. The first-order valence-electron chi connectivity index (χ1n) is 11.2. The summed E-state index contributed by atoms with van der Waals surface area (Å²) in [6.07, 6.45) is 1.01. The second kappa shape index (κ2) is 10.2. The summed E-state index contributed by atoms with van der Waals surface area (Å²) in [5, 5.41) is 14.2. The van der Waals surface area contributed by atoms with Crippen LogP contribution in [0.25, 0.3) is 11.1 Å². The number of amides is 2. The number of alkyl carbamates (subject to hydrolysis) is 1. The number of fused-ring (bicyclic) bond motifs is 3. The Morgan fingerprint density at radius 3 is 2.21 bits per heavy atom. The second-order valence-electron chi connectivity index (χ2n) is 8.43. The molecule has 4 N–H and O–H groups in total. The molecule has 0 saturated carbocycles. The van der Waals surface area contributed by atoms with Gasteiger partial charge in [0.05, 0.1) is 6.42 Å². The summed E-state index contributed by atoms with van der Waals surface area (Å²) in [7, 11) is 0. The molecular formula is C26H27N3O5. The summed E-state index contributed by atoms with van der Waals surface area (Å²) >= 11 is 0. The van der Waals surface area contributed by atoms with E-state index in [2.05, 4.69) is 27.8 Å². The van der Waals surface area contributed by atoms with Gasteiger partial charge in [-0.2, -0.15) is 0 Å². The minimum atomic E-state index is -1.02. The molecule has 34 heavy (non-hydrogen) atoms. The lowest BCUT2D eigenvalue weighted by atomic mass is 9.98. The first-order chi connectivity index (χ1) is 16.4. The first kappa shape index (κ1) is 23.1. The van der Waals surface area contributed by atoms with E-state index in [-0.39, 0.29) is 25.4 Å². The van der Waals surface area contributed by atoms with Crippen molar-refractivity contribution in [1.82, 2.24) is 15.6 Å². The topological polar surface area (TPSA) is 121 Å². The van der Waals surface area contributed by atoms with E-state index in [0.717, 1.165) is 27.9 Å². The Labute approximate surface area is 197 Å². The summed E-state index contributed by atoms with van der Waals surface area (Å²) in [6, 6.07) is 18.2. The van der Waals surface area contributed by atoms with Crippen molar-refractivity contribution in [2.45, 2.75) is 37.8 Å². The third-order valence-corrected chi connectivity index (χ3v) is 5.91. The van der Waals surface area contributed by atoms with Crippen molar-refractivity contribution in [3.8, 4) is 11.1 Å². The number of hydrogen-bond donors (Lipinski definition) is 4. The van der Waals surface area contributed by atoms with Crippen LogP contribution in [0.3, 0.4) is 0 Å². The van der Waals surface area contributed by atoms with Crippen molar-refractivity contribution in [1.29, 1.82) is 0 Å². The van der Waals surface area contributed by atoms with Crippen LogP contribution in [0.5, 0.6) is 0 Å². The van der Waals surface area contributed by atoms with E-state index in [1.807, 2.05) is 36.4 Å². The lowest BCUT2D eigenvalue weighted by molar-refractivity contribution is -0.137. The first-order valence-corrected chi connectivity index (χ1v) is 11.2. The number of H-pyrrole nitrogens is 1. The van der Waals surface area contributed by atoms with Crippen molar-refractivity contribution >= 4 is 18.0 Å². The van der Waals surface area contributed by atoms with Crippen molar-refractivity contribution in [3.05, 3.63) is 83.7 Å². The molecule has 0 radical (unpaired) electrons. The number of rotatable bonds is 9. The number of carbonyl (C=O) groups excluding carboxylic acids is 2. The molecule has 1 aromatic heterocycles. The van der Waals surface area contributed by atoms with E-state index in [1.165, 1.54) is 0 Å². The molecule has 8 heteroatoms. The van der Waals surface area contributed by atoms with E-state index in [9.17, 15) is 14.4 Å². The maximum atomic E-state index is 12.8. The molecule has 0 bridgehead atoms. The van der Waals surface area contributed by atoms with Gasteiger partial charge < -0.3 is 25.5 Å². The van der Waals surface area contributed by atoms with Gasteiger partial charge in [0.25, 0.3) is 0 Å². The number of carboxylic acids is 1. The summed E-state index contributed by atoms with van der Waals surface area (Å²) < 4.78 is 5.57. The van der Waals surface area contributed by atoms with Gasteiger partial charge in [-0.25, -0.2) is 4.79 Å². The minimum Gasteiger partial charge on any atom is -0.481 e. The summed E-state index contributed by atoms with van der Waals surface area (Å²) in [5.41, 5.74) is 5.20. The van der Waals surface area contributed by atoms with Gasteiger partial charge in [-0.3, -0.25) is 9.59 Å². The van der Waals surface area contributed by atoms with Crippen LogP contribution in [0.2, 0.25) is 0 Å². The Morgan fingerprint density at radius 1 is 0.971 bits per heavy atom. The number of nitrogens with one attached hydrogen (secondary N) is 3. The molecule has 1 heterocycles. The van der Waals surface area contributed by atoms with Crippen LogP contribution < -0.4 is 10.6 Å². The summed E-state index contributed by atoms with van der Waals surface area (Å²) in [4.78, 5) is 39.5. The molecule has 2 aromatic carbocycles. The number of benzene rings is 2. The fourth-order valence-electron chi connectivity index (χ4n) is 4.36. The quantitative estimate of drug-likeness (QED) is 0.389. The van der Waals surface area contributed by atoms with Crippen molar-refractivity contribution in [3.63, 3.8) is 0 Å². The minimum absolute atomic E-state index is 0.0931. The standard InChI is InChI=1S/C26H27N3O5/c1-16(13-24(30)31)28-25(32)23(14-17-7-6-12-27-17)29-26(33)34-15-22-20-10-4-2-8-18(20)19-9-3-5-11-21(19)22/h2-12,16,22-23,27H,13-15H2,1H3,(H,28,32)(H,29,33)(H,30,31)/t16-,23?/m1/s1. The molecule has 0 spiro atoms. The molecule has 1 aliphatic rings. The van der Waals surface area contributed by atoms with Crippen LogP contribution >= 0.6 is 0 Å². The van der Waals surface area contributed by atoms with Crippen LogP contribution in [-0.2, 0) is 20.7 Å². The van der Waals surface area contributed by atoms with Crippen LogP contribution in [0, 0.1) is 0 Å². The molecule has 0 fully saturated rings. The van der Waals surface area contributed by atoms with Gasteiger partial charge in [-0.05, 0) is 41.3 Å². The van der Waals surface area contributed by atoms with E-state index in [1.54, 1.807) is 25.3 Å². The van der Waals surface area contributed by atoms with Gasteiger partial charge >= 0.3 is 12.1 Å². The fraction of sp³-hybridized carbons (Fsp3) is 0.269. The van der Waals surface area contributed by atoms with Gasteiger partial charge in [0.1, 0.15) is 12.6 Å². The number of aliphatic carboxylic acids is 1. The molecule has 4 rings (SSSR count). The Hall–Kier alpha value is -4.07. The molecule has 176 valence electrons. The number of aromatic nitrogens is 1. The number of carboxylic acid groups (broad SMARTS) is 1. The van der Waals surface area contributed by atoms with E-state index >= 15 is 0 Å². The maximum absolute atomic E-state index is 12.8. The Morgan fingerprint density at radius 2 is 1.62 bits per heavy atom. The van der Waals surface area contributed by atoms with E-state index in [4.69, 9.17) is 9.84 Å². The molecular weight excluding hydrogens is 434 g/mol. The zero-order valence-corrected chi connectivity index (χ0v) is 18.8. The monoisotopic (exact) mass is 461 g/mol. The van der Waals surface area contributed by atoms with Gasteiger partial charge in [-0.15, -0.1) is 0 Å². The Kier molecular flexibility index (Phi) is 6.96. The molecule has 0 aliphatic heterocycles. The summed E-state index contributed by atoms with van der Waals surface area (Å²) in [6.45, 7) is 1.73. The second-order valence-corrected chi connectivity index (χ2v) is 8.43. The lowest BCUT2D eigenvalue weighted by Crippen LogP contribution is -2.50. The molecule has 2 amide bonds. The van der Waals surface area contributed by atoms with Crippen LogP contribution in [0.4, 0.5) is 4.79 Å². The predicted molar refractivity (Wildman–Crippen MR) is 126 cm³/mol. The molecule has 2 atom stereocenters. The van der Waals surface area contributed by atoms with E-state index in [0.29, 0.717) is 0 Å². The Bertz CT molecular complexity index is 1130.